The van der Waals surface area contributed by atoms with E-state index in [1.807, 2.05) is 6.07 Å². The molecule has 2 heterocycles. The second-order valence-electron chi connectivity index (χ2n) is 3.57. The van der Waals surface area contributed by atoms with Crippen LogP contribution in [0.4, 0.5) is 0 Å². The highest BCUT2D eigenvalue weighted by atomic mass is 32.2. The molecular formula is C9H12O4S2. The van der Waals surface area contributed by atoms with E-state index in [4.69, 9.17) is 4.42 Å². The van der Waals surface area contributed by atoms with E-state index in [1.54, 1.807) is 12.3 Å². The minimum atomic E-state index is -3.04. The zero-order valence-corrected chi connectivity index (χ0v) is 9.63. The van der Waals surface area contributed by atoms with Gasteiger partial charge in [-0.25, -0.2) is 8.42 Å². The number of sulfone groups is 1. The number of aliphatic hydroxyl groups excluding tert-OH is 1. The zero-order chi connectivity index (χ0) is 10.9. The van der Waals surface area contributed by atoms with Crippen LogP contribution in [0.3, 0.4) is 0 Å². The Morgan fingerprint density at radius 1 is 1.53 bits per heavy atom. The molecule has 2 atom stereocenters. The van der Waals surface area contributed by atoms with E-state index < -0.39 is 15.9 Å². The van der Waals surface area contributed by atoms with Crippen LogP contribution in [0.15, 0.2) is 22.8 Å². The minimum Gasteiger partial charge on any atom is -0.468 e. The van der Waals surface area contributed by atoms with Crippen molar-refractivity contribution in [2.24, 2.45) is 0 Å². The highest BCUT2D eigenvalue weighted by Gasteiger charge is 2.36. The zero-order valence-electron chi connectivity index (χ0n) is 8.00. The van der Waals surface area contributed by atoms with Crippen molar-refractivity contribution in [3.05, 3.63) is 24.2 Å². The van der Waals surface area contributed by atoms with Gasteiger partial charge >= 0.3 is 0 Å². The second-order valence-corrected chi connectivity index (χ2v) is 6.95. The van der Waals surface area contributed by atoms with Crippen LogP contribution in [0.1, 0.15) is 5.76 Å². The Hall–Kier alpha value is -0.460. The van der Waals surface area contributed by atoms with Crippen LogP contribution in [0, 0.1) is 0 Å². The van der Waals surface area contributed by atoms with Crippen molar-refractivity contribution in [3.63, 3.8) is 0 Å². The average Bonchev–Trinajstić information content (AvgIpc) is 2.70. The fraction of sp³-hybridized carbons (Fsp3) is 0.556. The number of rotatable bonds is 3. The third kappa shape index (κ3) is 2.76. The molecule has 0 amide bonds. The predicted octanol–water partition coefficient (Wildman–Crippen LogP) is 0.671. The smallest absolute Gasteiger partial charge is 0.154 e. The summed E-state index contributed by atoms with van der Waals surface area (Å²) in [6, 6.07) is 3.63. The van der Waals surface area contributed by atoms with Crippen LogP contribution in [0.25, 0.3) is 0 Å². The minimum absolute atomic E-state index is 0.0690. The first-order valence-corrected chi connectivity index (χ1v) is 7.46. The average molecular weight is 248 g/mol. The number of aliphatic hydroxyl groups is 1. The molecule has 1 N–H and O–H groups in total. The van der Waals surface area contributed by atoms with Crippen LogP contribution >= 0.6 is 11.8 Å². The lowest BCUT2D eigenvalue weighted by atomic mass is 10.3. The van der Waals surface area contributed by atoms with Crippen LogP contribution in [-0.2, 0) is 15.6 Å². The van der Waals surface area contributed by atoms with Gasteiger partial charge in [0.25, 0.3) is 0 Å². The van der Waals surface area contributed by atoms with E-state index in [-0.39, 0.29) is 16.8 Å². The largest absolute Gasteiger partial charge is 0.468 e. The summed E-state index contributed by atoms with van der Waals surface area (Å²) in [5, 5.41) is 9.30. The highest BCUT2D eigenvalue weighted by Crippen LogP contribution is 2.27. The molecular weight excluding hydrogens is 236 g/mol. The topological polar surface area (TPSA) is 67.5 Å². The molecule has 6 heteroatoms. The number of hydrogen-bond donors (Lipinski definition) is 1. The van der Waals surface area contributed by atoms with Gasteiger partial charge in [-0.1, -0.05) is 0 Å². The maximum atomic E-state index is 11.2. The fourth-order valence-electron chi connectivity index (χ4n) is 1.54. The summed E-state index contributed by atoms with van der Waals surface area (Å²) in [7, 11) is -3.04. The summed E-state index contributed by atoms with van der Waals surface area (Å²) < 4.78 is 27.6. The molecule has 0 radical (unpaired) electrons. The van der Waals surface area contributed by atoms with Gasteiger partial charge in [-0.2, -0.15) is 0 Å². The van der Waals surface area contributed by atoms with Crippen molar-refractivity contribution in [2.75, 3.05) is 11.5 Å². The standard InChI is InChI=1S/C9H12O4S2/c10-8-5-15(11,12)6-9(8)14-4-7-2-1-3-13-7/h1-3,8-10H,4-6H2. The summed E-state index contributed by atoms with van der Waals surface area (Å²) in [5.41, 5.74) is 0. The van der Waals surface area contributed by atoms with Gasteiger partial charge in [0.05, 0.1) is 29.6 Å². The van der Waals surface area contributed by atoms with Gasteiger partial charge in [-0.15, -0.1) is 11.8 Å². The fourth-order valence-corrected chi connectivity index (χ4v) is 5.14. The molecule has 0 aromatic carbocycles. The molecule has 0 spiro atoms. The molecule has 2 rings (SSSR count). The molecule has 15 heavy (non-hydrogen) atoms. The molecule has 1 saturated heterocycles. The van der Waals surface area contributed by atoms with Crippen LogP contribution in [-0.4, -0.2) is 36.4 Å². The Bertz CT molecular complexity index is 409. The van der Waals surface area contributed by atoms with Gasteiger partial charge in [-0.05, 0) is 12.1 Å². The first-order chi connectivity index (χ1) is 7.07. The molecule has 2 unspecified atom stereocenters. The SMILES string of the molecule is O=S1(=O)CC(O)C(SCc2ccco2)C1. The van der Waals surface area contributed by atoms with E-state index in [0.29, 0.717) is 5.75 Å². The molecule has 84 valence electrons. The van der Waals surface area contributed by atoms with Gasteiger partial charge in [0, 0.05) is 5.25 Å². The second kappa shape index (κ2) is 4.19. The van der Waals surface area contributed by atoms with E-state index in [0.717, 1.165) is 5.76 Å². The number of furan rings is 1. The lowest BCUT2D eigenvalue weighted by Gasteiger charge is -2.10. The molecule has 1 aliphatic heterocycles. The van der Waals surface area contributed by atoms with Gasteiger partial charge in [-0.3, -0.25) is 0 Å². The normalized spacial score (nSPS) is 29.4. The quantitative estimate of drug-likeness (QED) is 0.851. The maximum Gasteiger partial charge on any atom is 0.154 e. The van der Waals surface area contributed by atoms with Crippen molar-refractivity contribution in [1.82, 2.24) is 0 Å². The first-order valence-electron chi connectivity index (χ1n) is 4.59. The molecule has 1 aromatic heterocycles. The lowest BCUT2D eigenvalue weighted by molar-refractivity contribution is 0.207. The monoisotopic (exact) mass is 248 g/mol. The molecule has 1 fully saturated rings. The van der Waals surface area contributed by atoms with Crippen molar-refractivity contribution >= 4 is 21.6 Å². The Labute approximate surface area is 92.6 Å². The Balaban J connectivity index is 1.91. The van der Waals surface area contributed by atoms with E-state index in [1.165, 1.54) is 11.8 Å². The summed E-state index contributed by atoms with van der Waals surface area (Å²) in [6.45, 7) is 0. The molecule has 0 aliphatic carbocycles. The third-order valence-electron chi connectivity index (χ3n) is 2.29. The third-order valence-corrected chi connectivity index (χ3v) is 5.58. The number of thioether (sulfide) groups is 1. The van der Waals surface area contributed by atoms with E-state index in [2.05, 4.69) is 0 Å². The van der Waals surface area contributed by atoms with Gasteiger partial charge in [0.15, 0.2) is 9.84 Å². The predicted molar refractivity (Wildman–Crippen MR) is 58.5 cm³/mol. The van der Waals surface area contributed by atoms with E-state index >= 15 is 0 Å². The van der Waals surface area contributed by atoms with Crippen molar-refractivity contribution in [3.8, 4) is 0 Å². The van der Waals surface area contributed by atoms with Crippen molar-refractivity contribution in [1.29, 1.82) is 0 Å². The van der Waals surface area contributed by atoms with Gasteiger partial charge in [0.2, 0.25) is 0 Å². The summed E-state index contributed by atoms with van der Waals surface area (Å²) in [6.07, 6.45) is 0.840. The summed E-state index contributed by atoms with van der Waals surface area (Å²) in [4.78, 5) is 0. The maximum absolute atomic E-state index is 11.2. The Morgan fingerprint density at radius 2 is 2.33 bits per heavy atom. The van der Waals surface area contributed by atoms with Crippen LogP contribution < -0.4 is 0 Å². The molecule has 1 aliphatic rings. The first kappa shape index (κ1) is 11.0. The van der Waals surface area contributed by atoms with Gasteiger partial charge < -0.3 is 9.52 Å². The summed E-state index contributed by atoms with van der Waals surface area (Å²) >= 11 is 1.43. The molecule has 4 nitrogen and oxygen atoms in total. The highest BCUT2D eigenvalue weighted by molar-refractivity contribution is 8.01. The Morgan fingerprint density at radius 3 is 2.87 bits per heavy atom. The Kier molecular flexibility index (Phi) is 3.08. The number of hydrogen-bond acceptors (Lipinski definition) is 5. The molecule has 0 bridgehead atoms. The van der Waals surface area contributed by atoms with Crippen LogP contribution in [0.2, 0.25) is 0 Å². The van der Waals surface area contributed by atoms with Gasteiger partial charge in [0.1, 0.15) is 5.76 Å². The van der Waals surface area contributed by atoms with Crippen molar-refractivity contribution in [2.45, 2.75) is 17.1 Å². The molecule has 1 aromatic rings. The summed E-state index contributed by atoms with van der Waals surface area (Å²) in [5.74, 6) is 1.36. The van der Waals surface area contributed by atoms with E-state index in [9.17, 15) is 13.5 Å². The van der Waals surface area contributed by atoms with Crippen LogP contribution in [0.5, 0.6) is 0 Å². The van der Waals surface area contributed by atoms with Crippen molar-refractivity contribution < 1.29 is 17.9 Å². The lowest BCUT2D eigenvalue weighted by Crippen LogP contribution is -2.20. The molecule has 0 saturated carbocycles.